The summed E-state index contributed by atoms with van der Waals surface area (Å²) in [6, 6.07) is 7.92. The first-order valence-corrected chi connectivity index (χ1v) is 13.0. The van der Waals surface area contributed by atoms with Crippen molar-refractivity contribution in [3.8, 4) is 0 Å². The number of para-hydroxylation sites is 2. The van der Waals surface area contributed by atoms with Crippen LogP contribution in [-0.4, -0.2) is 71.9 Å². The third-order valence-electron chi connectivity index (χ3n) is 5.50. The Morgan fingerprint density at radius 3 is 1.45 bits per heavy atom. The van der Waals surface area contributed by atoms with Crippen LogP contribution < -0.4 is 10.9 Å². The molecule has 184 valence electrons. The van der Waals surface area contributed by atoms with Crippen LogP contribution in [0.3, 0.4) is 0 Å². The molecule has 1 aromatic heterocycles. The number of hydrogen-bond acceptors (Lipinski definition) is 5. The van der Waals surface area contributed by atoms with E-state index in [0.717, 1.165) is 49.0 Å². The first-order valence-electron chi connectivity index (χ1n) is 10.9. The minimum absolute atomic E-state index is 0. The first kappa shape index (κ1) is 30.9. The molecule has 4 N–H and O–H groups in total. The van der Waals surface area contributed by atoms with Gasteiger partial charge in [0.15, 0.2) is 4.77 Å². The number of hydrogen-bond donors (Lipinski definition) is 6. The summed E-state index contributed by atoms with van der Waals surface area (Å²) in [6.45, 7) is 8.92. The predicted octanol–water partition coefficient (Wildman–Crippen LogP) is 4.72. The zero-order valence-corrected chi connectivity index (χ0v) is 25.0. The molecule has 6 nitrogen and oxygen atoms in total. The number of nitrogens with zero attached hydrogens (tertiary/aromatic N) is 2. The molecule has 2 aliphatic rings. The number of nitrogens with one attached hydrogen (secondary N) is 4. The molecule has 33 heavy (non-hydrogen) atoms. The van der Waals surface area contributed by atoms with Crippen molar-refractivity contribution < 1.29 is 0 Å². The normalized spacial score (nSPS) is 17.6. The number of fused-ring (bicyclic) bond motifs is 1. The van der Waals surface area contributed by atoms with Gasteiger partial charge >= 0.3 is 0 Å². The maximum atomic E-state index is 4.90. The SMILES string of the molecule is CC1CCN(NC(=S)S)CC1.CC1CCN(NC(=S)S)CC1.S=c1[nH]c2ccccc2[nH]1.[Se]. The molecule has 2 fully saturated rings. The van der Waals surface area contributed by atoms with Crippen LogP contribution in [0.5, 0.6) is 0 Å². The molecule has 2 aliphatic heterocycles. The molecule has 0 saturated carbocycles. The molecule has 1 aromatic carbocycles. The number of imidazole rings is 1. The molecular formula is C21H34N6S5Se. The smallest absolute Gasteiger partial charge is 0.175 e. The van der Waals surface area contributed by atoms with Gasteiger partial charge in [0, 0.05) is 43.2 Å². The van der Waals surface area contributed by atoms with Gasteiger partial charge in [-0.05, 0) is 61.9 Å². The maximum absolute atomic E-state index is 4.90. The number of aromatic nitrogens is 2. The third-order valence-corrected chi connectivity index (χ3v) is 6.08. The van der Waals surface area contributed by atoms with E-state index in [9.17, 15) is 0 Å². The number of H-pyrrole nitrogens is 2. The van der Waals surface area contributed by atoms with Crippen LogP contribution in [0.1, 0.15) is 39.5 Å². The Hall–Kier alpha value is -0.171. The van der Waals surface area contributed by atoms with Gasteiger partial charge in [-0.3, -0.25) is 0 Å². The van der Waals surface area contributed by atoms with Gasteiger partial charge in [0.25, 0.3) is 0 Å². The fourth-order valence-corrected chi connectivity index (χ4v) is 4.25. The van der Waals surface area contributed by atoms with Gasteiger partial charge in [0.2, 0.25) is 0 Å². The van der Waals surface area contributed by atoms with E-state index in [0.29, 0.717) is 13.4 Å². The summed E-state index contributed by atoms with van der Waals surface area (Å²) in [5.74, 6) is 1.73. The minimum Gasteiger partial charge on any atom is -0.331 e. The Balaban J connectivity index is 0.000000244. The Morgan fingerprint density at radius 1 is 0.818 bits per heavy atom. The van der Waals surface area contributed by atoms with Gasteiger partial charge in [0.1, 0.15) is 8.64 Å². The molecule has 2 aromatic rings. The molecule has 0 aliphatic carbocycles. The number of piperidine rings is 2. The summed E-state index contributed by atoms with van der Waals surface area (Å²) >= 11 is 22.6. The van der Waals surface area contributed by atoms with Gasteiger partial charge in [-0.2, -0.15) is 0 Å². The number of hydrazine groups is 2. The third kappa shape index (κ3) is 12.9. The van der Waals surface area contributed by atoms with Crippen molar-refractivity contribution in [2.45, 2.75) is 39.5 Å². The van der Waals surface area contributed by atoms with E-state index >= 15 is 0 Å². The van der Waals surface area contributed by atoms with Gasteiger partial charge in [-0.15, -0.1) is 25.3 Å². The number of benzene rings is 1. The molecule has 0 spiro atoms. The number of thiol groups is 2. The molecule has 0 amide bonds. The number of aromatic amines is 2. The van der Waals surface area contributed by atoms with Crippen molar-refractivity contribution in [2.24, 2.45) is 11.8 Å². The molecule has 0 unspecified atom stereocenters. The van der Waals surface area contributed by atoms with E-state index in [1.807, 2.05) is 24.3 Å². The Kier molecular flexibility index (Phi) is 15.4. The molecule has 2 saturated heterocycles. The predicted molar refractivity (Wildman–Crippen MR) is 159 cm³/mol. The van der Waals surface area contributed by atoms with Crippen LogP contribution in [0.2, 0.25) is 0 Å². The van der Waals surface area contributed by atoms with E-state index in [2.05, 4.69) is 69.9 Å². The summed E-state index contributed by atoms with van der Waals surface area (Å²) in [4.78, 5) is 6.04. The van der Waals surface area contributed by atoms with Crippen LogP contribution >= 0.6 is 61.9 Å². The fourth-order valence-electron chi connectivity index (χ4n) is 3.49. The van der Waals surface area contributed by atoms with Crippen molar-refractivity contribution >= 4 is 98.7 Å². The number of thiocarbonyl (C=S) groups is 2. The summed E-state index contributed by atoms with van der Waals surface area (Å²) < 4.78 is 1.82. The minimum atomic E-state index is 0. The standard InChI is InChI=1S/2C7H14N2S2.C7H6N2S.Se/c2*1-6-2-4-9(5-3-6)8-7(10)11;10-7-8-5-3-1-2-4-6(5)9-7;/h2*6H,2-5H2,1H3,(H2,8,10,11);1-4H,(H2,8,9,10);. The van der Waals surface area contributed by atoms with Crippen LogP contribution in [0.15, 0.2) is 24.3 Å². The Morgan fingerprint density at radius 2 is 1.15 bits per heavy atom. The second-order valence-electron chi connectivity index (χ2n) is 8.30. The summed E-state index contributed by atoms with van der Waals surface area (Å²) in [7, 11) is 0. The van der Waals surface area contributed by atoms with Gasteiger partial charge < -0.3 is 20.8 Å². The van der Waals surface area contributed by atoms with E-state index in [4.69, 9.17) is 36.7 Å². The van der Waals surface area contributed by atoms with Crippen LogP contribution in [0, 0.1) is 16.6 Å². The largest absolute Gasteiger partial charge is 0.331 e. The Bertz CT molecular complexity index is 834. The summed E-state index contributed by atoms with van der Waals surface area (Å²) in [5, 5.41) is 4.27. The second kappa shape index (κ2) is 16.5. The zero-order valence-electron chi connectivity index (χ0n) is 19.0. The van der Waals surface area contributed by atoms with Crippen LogP contribution in [-0.2, 0) is 0 Å². The second-order valence-corrected chi connectivity index (χ2v) is 11.0. The molecule has 3 heterocycles. The molecule has 0 bridgehead atoms. The fraction of sp³-hybridized carbons (Fsp3) is 0.571. The molecular weight excluding hydrogens is 576 g/mol. The monoisotopic (exact) mass is 610 g/mol. The number of rotatable bonds is 2. The van der Waals surface area contributed by atoms with Crippen molar-refractivity contribution in [3.63, 3.8) is 0 Å². The van der Waals surface area contributed by atoms with E-state index in [1.165, 1.54) is 25.7 Å². The van der Waals surface area contributed by atoms with Crippen molar-refractivity contribution in [1.29, 1.82) is 0 Å². The van der Waals surface area contributed by atoms with Gasteiger partial charge in [-0.25, -0.2) is 10.0 Å². The van der Waals surface area contributed by atoms with Gasteiger partial charge in [-0.1, -0.05) is 50.4 Å². The quantitative estimate of drug-likeness (QED) is 0.168. The molecule has 12 heteroatoms. The average molecular weight is 610 g/mol. The topological polar surface area (TPSA) is 62.1 Å². The summed E-state index contributed by atoms with van der Waals surface area (Å²) in [5.41, 5.74) is 8.19. The van der Waals surface area contributed by atoms with Crippen molar-refractivity contribution in [2.75, 3.05) is 26.2 Å². The van der Waals surface area contributed by atoms with Crippen molar-refractivity contribution in [1.82, 2.24) is 30.8 Å². The Labute approximate surface area is 234 Å². The zero-order chi connectivity index (χ0) is 23.5. The average Bonchev–Trinajstić information content (AvgIpc) is 3.12. The summed E-state index contributed by atoms with van der Waals surface area (Å²) in [6.07, 6.45) is 5.01. The first-order chi connectivity index (χ1) is 15.2. The maximum Gasteiger partial charge on any atom is 0.175 e. The molecule has 0 atom stereocenters. The van der Waals surface area contributed by atoms with Crippen LogP contribution in [0.4, 0.5) is 0 Å². The van der Waals surface area contributed by atoms with E-state index in [-0.39, 0.29) is 17.1 Å². The van der Waals surface area contributed by atoms with Gasteiger partial charge in [0.05, 0.1) is 11.0 Å². The van der Waals surface area contributed by atoms with Crippen molar-refractivity contribution in [3.05, 3.63) is 29.0 Å². The van der Waals surface area contributed by atoms with Crippen LogP contribution in [0.25, 0.3) is 11.0 Å². The van der Waals surface area contributed by atoms with E-state index < -0.39 is 0 Å². The van der Waals surface area contributed by atoms with E-state index in [1.54, 1.807) is 0 Å². The molecule has 2 radical (unpaired) electrons. The molecule has 4 rings (SSSR count).